The molecule has 0 saturated heterocycles. The Labute approximate surface area is 77.7 Å². The Balaban J connectivity index is 3.26. The van der Waals surface area contributed by atoms with E-state index < -0.39 is 23.3 Å². The van der Waals surface area contributed by atoms with E-state index in [0.717, 1.165) is 0 Å². The summed E-state index contributed by atoms with van der Waals surface area (Å²) in [6.45, 7) is 0. The Hall–Kier alpha value is -1.46. The fourth-order valence-corrected chi connectivity index (χ4v) is 1.31. The summed E-state index contributed by atoms with van der Waals surface area (Å²) in [5.41, 5.74) is 3.01. The maximum absolute atomic E-state index is 12.3. The molecule has 0 saturated carbocycles. The number of rotatable bonds is 1. The number of hydrogen-bond donors (Lipinski definition) is 2. The van der Waals surface area contributed by atoms with Gasteiger partial charge in [-0.3, -0.25) is 0 Å². The van der Waals surface area contributed by atoms with Gasteiger partial charge in [0.05, 0.1) is 5.57 Å². The van der Waals surface area contributed by atoms with E-state index in [9.17, 15) is 18.0 Å². The van der Waals surface area contributed by atoms with Gasteiger partial charge < -0.3 is 10.8 Å². The van der Waals surface area contributed by atoms with Gasteiger partial charge >= 0.3 is 12.1 Å². The Morgan fingerprint density at radius 3 is 2.43 bits per heavy atom. The number of aliphatic carboxylic acids is 1. The number of carboxylic acid groups (broad SMARTS) is 1. The van der Waals surface area contributed by atoms with Crippen molar-refractivity contribution in [1.82, 2.24) is 0 Å². The summed E-state index contributed by atoms with van der Waals surface area (Å²) >= 11 is 0. The molecule has 6 heteroatoms. The summed E-state index contributed by atoms with van der Waals surface area (Å²) in [7, 11) is 0. The summed E-state index contributed by atoms with van der Waals surface area (Å²) in [6.07, 6.45) is -3.53. The molecular weight excluding hydrogens is 199 g/mol. The van der Waals surface area contributed by atoms with Crippen LogP contribution in [-0.4, -0.2) is 17.3 Å². The van der Waals surface area contributed by atoms with Crippen LogP contribution in [0.15, 0.2) is 22.9 Å². The van der Waals surface area contributed by atoms with Gasteiger partial charge in [0.15, 0.2) is 0 Å². The molecule has 0 spiro atoms. The topological polar surface area (TPSA) is 63.3 Å². The van der Waals surface area contributed by atoms with Crippen LogP contribution in [0.4, 0.5) is 13.2 Å². The number of halogens is 3. The zero-order valence-corrected chi connectivity index (χ0v) is 7.06. The average molecular weight is 207 g/mol. The van der Waals surface area contributed by atoms with Crippen LogP contribution in [0.25, 0.3) is 0 Å². The molecule has 1 aliphatic carbocycles. The Morgan fingerprint density at radius 1 is 1.50 bits per heavy atom. The summed E-state index contributed by atoms with van der Waals surface area (Å²) < 4.78 is 37.0. The molecule has 3 nitrogen and oxygen atoms in total. The molecule has 0 aromatic rings. The largest absolute Gasteiger partial charge is 0.478 e. The number of allylic oxidation sites excluding steroid dienone is 2. The fraction of sp³-hybridized carbons (Fsp3) is 0.375. The van der Waals surface area contributed by atoms with Gasteiger partial charge in [-0.1, -0.05) is 6.08 Å². The molecule has 0 atom stereocenters. The molecule has 1 aliphatic rings. The van der Waals surface area contributed by atoms with Crippen molar-refractivity contribution >= 4 is 5.97 Å². The number of nitrogens with two attached hydrogens (primary N) is 1. The molecule has 0 amide bonds. The van der Waals surface area contributed by atoms with E-state index in [1.807, 2.05) is 0 Å². The lowest BCUT2D eigenvalue weighted by Gasteiger charge is -2.18. The summed E-state index contributed by atoms with van der Waals surface area (Å²) in [5, 5.41) is 8.56. The Morgan fingerprint density at radius 2 is 2.07 bits per heavy atom. The molecule has 0 aromatic carbocycles. The smallest absolute Gasteiger partial charge is 0.413 e. The summed E-state index contributed by atoms with van der Waals surface area (Å²) in [5.74, 6) is -1.63. The van der Waals surface area contributed by atoms with Crippen LogP contribution in [0.5, 0.6) is 0 Å². The van der Waals surface area contributed by atoms with Crippen LogP contribution in [0.2, 0.25) is 0 Å². The van der Waals surface area contributed by atoms with E-state index in [1.54, 1.807) is 0 Å². The van der Waals surface area contributed by atoms with Crippen molar-refractivity contribution < 1.29 is 23.1 Å². The highest BCUT2D eigenvalue weighted by Gasteiger charge is 2.39. The standard InChI is InChI=1S/C8H8F3NO2/c9-8(10,11)4-2-1-3-5(12)6(4)7(13)14/h3H,1-2,12H2,(H,13,14). The average Bonchev–Trinajstić information content (AvgIpc) is 2.01. The van der Waals surface area contributed by atoms with E-state index >= 15 is 0 Å². The molecule has 3 N–H and O–H groups in total. The summed E-state index contributed by atoms with van der Waals surface area (Å²) in [6, 6.07) is 0. The van der Waals surface area contributed by atoms with Crippen molar-refractivity contribution in [2.45, 2.75) is 19.0 Å². The Bertz CT molecular complexity index is 328. The van der Waals surface area contributed by atoms with E-state index in [4.69, 9.17) is 10.8 Å². The fourth-order valence-electron chi connectivity index (χ4n) is 1.31. The zero-order chi connectivity index (χ0) is 10.9. The van der Waals surface area contributed by atoms with Crippen LogP contribution < -0.4 is 5.73 Å². The van der Waals surface area contributed by atoms with Crippen molar-refractivity contribution in [3.8, 4) is 0 Å². The molecule has 0 aliphatic heterocycles. The van der Waals surface area contributed by atoms with Gasteiger partial charge in [0, 0.05) is 11.3 Å². The second-order valence-corrected chi connectivity index (χ2v) is 2.85. The van der Waals surface area contributed by atoms with Crippen molar-refractivity contribution in [3.05, 3.63) is 22.9 Å². The third kappa shape index (κ3) is 1.89. The Kier molecular flexibility index (Phi) is 2.55. The SMILES string of the molecule is NC1=CCCC(C(F)(F)F)=C1C(=O)O. The predicted octanol–water partition coefficient (Wildman–Crippen LogP) is 1.57. The van der Waals surface area contributed by atoms with Crippen molar-refractivity contribution in [1.29, 1.82) is 0 Å². The second kappa shape index (κ2) is 3.36. The van der Waals surface area contributed by atoms with Gasteiger partial charge in [-0.05, 0) is 12.8 Å². The van der Waals surface area contributed by atoms with Crippen LogP contribution >= 0.6 is 0 Å². The van der Waals surface area contributed by atoms with Gasteiger partial charge in [0.25, 0.3) is 0 Å². The molecule has 0 fully saturated rings. The van der Waals surface area contributed by atoms with Crippen LogP contribution in [0.3, 0.4) is 0 Å². The highest BCUT2D eigenvalue weighted by molar-refractivity contribution is 5.93. The first kappa shape index (κ1) is 10.6. The molecular formula is C8H8F3NO2. The highest BCUT2D eigenvalue weighted by Crippen LogP contribution is 2.35. The lowest BCUT2D eigenvalue weighted by atomic mass is 9.94. The van der Waals surface area contributed by atoms with Gasteiger partial charge in [0.2, 0.25) is 0 Å². The number of carboxylic acids is 1. The summed E-state index contributed by atoms with van der Waals surface area (Å²) in [4.78, 5) is 10.5. The van der Waals surface area contributed by atoms with E-state index in [1.165, 1.54) is 6.08 Å². The van der Waals surface area contributed by atoms with Gasteiger partial charge in [-0.2, -0.15) is 13.2 Å². The maximum atomic E-state index is 12.3. The number of alkyl halides is 3. The minimum Gasteiger partial charge on any atom is -0.478 e. The van der Waals surface area contributed by atoms with Gasteiger partial charge in [-0.15, -0.1) is 0 Å². The molecule has 0 aromatic heterocycles. The quantitative estimate of drug-likeness (QED) is 0.685. The van der Waals surface area contributed by atoms with Crippen LogP contribution in [0, 0.1) is 0 Å². The monoisotopic (exact) mass is 207 g/mol. The molecule has 0 unspecified atom stereocenters. The van der Waals surface area contributed by atoms with E-state index in [-0.39, 0.29) is 18.5 Å². The first-order valence-corrected chi connectivity index (χ1v) is 3.83. The van der Waals surface area contributed by atoms with Gasteiger partial charge in [-0.25, -0.2) is 4.79 Å². The molecule has 1 rings (SSSR count). The third-order valence-electron chi connectivity index (χ3n) is 1.91. The van der Waals surface area contributed by atoms with E-state index in [2.05, 4.69) is 0 Å². The predicted molar refractivity (Wildman–Crippen MR) is 42.2 cm³/mol. The zero-order valence-electron chi connectivity index (χ0n) is 7.06. The minimum absolute atomic E-state index is 0.122. The third-order valence-corrected chi connectivity index (χ3v) is 1.91. The van der Waals surface area contributed by atoms with E-state index in [0.29, 0.717) is 0 Å². The molecule has 0 heterocycles. The first-order chi connectivity index (χ1) is 6.34. The number of carbonyl (C=O) groups is 1. The van der Waals surface area contributed by atoms with Crippen molar-refractivity contribution in [2.75, 3.05) is 0 Å². The van der Waals surface area contributed by atoms with Gasteiger partial charge in [0.1, 0.15) is 0 Å². The second-order valence-electron chi connectivity index (χ2n) is 2.85. The lowest BCUT2D eigenvalue weighted by Crippen LogP contribution is -2.24. The molecule has 0 bridgehead atoms. The molecule has 14 heavy (non-hydrogen) atoms. The normalized spacial score (nSPS) is 18.1. The van der Waals surface area contributed by atoms with Crippen LogP contribution in [-0.2, 0) is 4.79 Å². The molecule has 78 valence electrons. The highest BCUT2D eigenvalue weighted by atomic mass is 19.4. The van der Waals surface area contributed by atoms with Crippen molar-refractivity contribution in [3.63, 3.8) is 0 Å². The van der Waals surface area contributed by atoms with Crippen LogP contribution in [0.1, 0.15) is 12.8 Å². The number of hydrogen-bond acceptors (Lipinski definition) is 2. The maximum Gasteiger partial charge on any atom is 0.413 e. The van der Waals surface area contributed by atoms with Crippen molar-refractivity contribution in [2.24, 2.45) is 5.73 Å². The molecule has 0 radical (unpaired) electrons. The minimum atomic E-state index is -4.62. The lowest BCUT2D eigenvalue weighted by molar-refractivity contribution is -0.134. The first-order valence-electron chi connectivity index (χ1n) is 3.83.